The summed E-state index contributed by atoms with van der Waals surface area (Å²) >= 11 is 0. The number of aliphatic hydroxyl groups excluding tert-OH is 4. The van der Waals surface area contributed by atoms with E-state index in [4.69, 9.17) is 26.2 Å². The van der Waals surface area contributed by atoms with Gasteiger partial charge in [0.25, 0.3) is 0 Å². The molecule has 0 bridgehead atoms. The van der Waals surface area contributed by atoms with Gasteiger partial charge < -0.3 is 26.2 Å². The summed E-state index contributed by atoms with van der Waals surface area (Å²) in [5, 5.41) is 34.6. The van der Waals surface area contributed by atoms with E-state index in [1.807, 2.05) is 0 Å². The largest absolute Gasteiger partial charge is 0.394 e. The standard InChI is InChI=1S/C5H13NO4.FH/c6-1-3(8)5(10)4(9)2-7;/h3-5,7-10H,1-2,6H2;1H/t3-,4+,5-;/m0./s1. The van der Waals surface area contributed by atoms with E-state index in [1.54, 1.807) is 0 Å². The molecular formula is C5H14FNO4. The zero-order chi connectivity index (χ0) is 8.15. The van der Waals surface area contributed by atoms with Crippen molar-refractivity contribution < 1.29 is 25.1 Å². The lowest BCUT2D eigenvalue weighted by Crippen LogP contribution is -2.43. The number of rotatable bonds is 4. The third-order valence-corrected chi connectivity index (χ3v) is 1.22. The predicted octanol–water partition coefficient (Wildman–Crippen LogP) is -2.83. The van der Waals surface area contributed by atoms with Crippen LogP contribution in [0.25, 0.3) is 0 Å². The third-order valence-electron chi connectivity index (χ3n) is 1.22. The second-order valence-corrected chi connectivity index (χ2v) is 2.04. The average molecular weight is 171 g/mol. The van der Waals surface area contributed by atoms with Crippen molar-refractivity contribution >= 4 is 0 Å². The summed E-state index contributed by atoms with van der Waals surface area (Å²) in [6.07, 6.45) is -3.87. The fraction of sp³-hybridized carbons (Fsp3) is 1.00. The Labute approximate surface area is 63.4 Å². The molecular weight excluding hydrogens is 157 g/mol. The first-order chi connectivity index (χ1) is 4.63. The second kappa shape index (κ2) is 6.44. The van der Waals surface area contributed by atoms with Gasteiger partial charge in [-0.15, -0.1) is 0 Å². The van der Waals surface area contributed by atoms with Crippen molar-refractivity contribution in [2.24, 2.45) is 5.73 Å². The highest BCUT2D eigenvalue weighted by Gasteiger charge is 2.22. The van der Waals surface area contributed by atoms with E-state index in [-0.39, 0.29) is 11.2 Å². The minimum atomic E-state index is -1.37. The van der Waals surface area contributed by atoms with Crippen LogP contribution in [-0.2, 0) is 0 Å². The summed E-state index contributed by atoms with van der Waals surface area (Å²) in [6.45, 7) is -0.726. The monoisotopic (exact) mass is 171 g/mol. The van der Waals surface area contributed by atoms with Crippen molar-refractivity contribution in [2.45, 2.75) is 18.3 Å². The molecule has 0 saturated heterocycles. The summed E-state index contributed by atoms with van der Waals surface area (Å²) in [7, 11) is 0. The molecule has 0 rings (SSSR count). The zero-order valence-electron chi connectivity index (χ0n) is 5.92. The third kappa shape index (κ3) is 4.23. The molecule has 0 aromatic rings. The first kappa shape index (κ1) is 13.3. The van der Waals surface area contributed by atoms with Gasteiger partial charge in [0.1, 0.15) is 12.2 Å². The maximum atomic E-state index is 8.85. The predicted molar refractivity (Wildman–Crippen MR) is 36.7 cm³/mol. The highest BCUT2D eigenvalue weighted by Crippen LogP contribution is 1.97. The molecule has 0 amide bonds. The quantitative estimate of drug-likeness (QED) is 0.313. The van der Waals surface area contributed by atoms with Crippen molar-refractivity contribution in [2.75, 3.05) is 13.2 Å². The van der Waals surface area contributed by atoms with Gasteiger partial charge in [0, 0.05) is 6.54 Å². The van der Waals surface area contributed by atoms with Crippen molar-refractivity contribution in [1.82, 2.24) is 0 Å². The van der Waals surface area contributed by atoms with Gasteiger partial charge in [-0.2, -0.15) is 0 Å². The van der Waals surface area contributed by atoms with E-state index < -0.39 is 24.9 Å². The highest BCUT2D eigenvalue weighted by molar-refractivity contribution is 4.74. The van der Waals surface area contributed by atoms with Crippen LogP contribution in [0.4, 0.5) is 4.70 Å². The highest BCUT2D eigenvalue weighted by atomic mass is 19.0. The van der Waals surface area contributed by atoms with Crippen LogP contribution in [-0.4, -0.2) is 51.9 Å². The summed E-state index contributed by atoms with van der Waals surface area (Å²) in [4.78, 5) is 0. The van der Waals surface area contributed by atoms with Gasteiger partial charge >= 0.3 is 0 Å². The van der Waals surface area contributed by atoms with E-state index in [1.165, 1.54) is 0 Å². The Morgan fingerprint density at radius 2 is 1.55 bits per heavy atom. The molecule has 0 unspecified atom stereocenters. The van der Waals surface area contributed by atoms with Crippen LogP contribution in [0, 0.1) is 0 Å². The van der Waals surface area contributed by atoms with Crippen LogP contribution in [0.1, 0.15) is 0 Å². The summed E-state index contributed by atoms with van der Waals surface area (Å²) in [5.41, 5.74) is 4.96. The number of aliphatic hydroxyl groups is 4. The molecule has 0 spiro atoms. The molecule has 0 aromatic heterocycles. The van der Waals surface area contributed by atoms with Crippen LogP contribution >= 0.6 is 0 Å². The van der Waals surface area contributed by atoms with Gasteiger partial charge in [-0.1, -0.05) is 0 Å². The lowest BCUT2D eigenvalue weighted by atomic mass is 10.1. The van der Waals surface area contributed by atoms with Crippen LogP contribution in [0.15, 0.2) is 0 Å². The normalized spacial score (nSPS) is 18.3. The van der Waals surface area contributed by atoms with Crippen molar-refractivity contribution in [1.29, 1.82) is 0 Å². The summed E-state index contributed by atoms with van der Waals surface area (Å²) in [5.74, 6) is 0. The lowest BCUT2D eigenvalue weighted by Gasteiger charge is -2.19. The van der Waals surface area contributed by atoms with Crippen molar-refractivity contribution in [3.05, 3.63) is 0 Å². The molecule has 6 N–H and O–H groups in total. The van der Waals surface area contributed by atoms with Gasteiger partial charge in [-0.25, -0.2) is 0 Å². The average Bonchev–Trinajstić information content (AvgIpc) is 2.00. The molecule has 0 aliphatic heterocycles. The van der Waals surface area contributed by atoms with E-state index in [9.17, 15) is 0 Å². The number of hydrogen-bond donors (Lipinski definition) is 5. The zero-order valence-corrected chi connectivity index (χ0v) is 5.92. The molecule has 0 radical (unpaired) electrons. The van der Waals surface area contributed by atoms with E-state index >= 15 is 0 Å². The number of hydrogen-bond acceptors (Lipinski definition) is 5. The Bertz CT molecular complexity index is 84.6. The smallest absolute Gasteiger partial charge is 0.109 e. The van der Waals surface area contributed by atoms with Gasteiger partial charge in [-0.3, -0.25) is 4.70 Å². The molecule has 70 valence electrons. The minimum Gasteiger partial charge on any atom is -0.394 e. The Balaban J connectivity index is 0. The first-order valence-electron chi connectivity index (χ1n) is 2.98. The molecule has 0 aliphatic rings. The summed E-state index contributed by atoms with van der Waals surface area (Å²) in [6, 6.07) is 0. The maximum Gasteiger partial charge on any atom is 0.109 e. The topological polar surface area (TPSA) is 107 Å². The maximum absolute atomic E-state index is 8.85. The Hall–Kier alpha value is -0.270. The van der Waals surface area contributed by atoms with Crippen LogP contribution in [0.2, 0.25) is 0 Å². The van der Waals surface area contributed by atoms with Crippen molar-refractivity contribution in [3.8, 4) is 0 Å². The Morgan fingerprint density at radius 3 is 1.82 bits per heavy atom. The second-order valence-electron chi connectivity index (χ2n) is 2.04. The lowest BCUT2D eigenvalue weighted by molar-refractivity contribution is -0.0727. The number of halogens is 1. The minimum absolute atomic E-state index is 0. The van der Waals surface area contributed by atoms with Gasteiger partial charge in [-0.05, 0) is 0 Å². The van der Waals surface area contributed by atoms with Gasteiger partial charge in [0.2, 0.25) is 0 Å². The van der Waals surface area contributed by atoms with Gasteiger partial charge in [0.15, 0.2) is 0 Å². The SMILES string of the molecule is F.NC[C@H](O)[C@H](O)[C@H](O)CO. The molecule has 5 nitrogen and oxygen atoms in total. The molecule has 11 heavy (non-hydrogen) atoms. The van der Waals surface area contributed by atoms with E-state index in [0.717, 1.165) is 0 Å². The molecule has 0 aromatic carbocycles. The van der Waals surface area contributed by atoms with Gasteiger partial charge in [0.05, 0.1) is 12.7 Å². The fourth-order valence-corrected chi connectivity index (χ4v) is 0.504. The molecule has 3 atom stereocenters. The fourth-order valence-electron chi connectivity index (χ4n) is 0.504. The molecule has 6 heteroatoms. The molecule has 0 heterocycles. The summed E-state index contributed by atoms with van der Waals surface area (Å²) < 4.78 is 0. The first-order valence-corrected chi connectivity index (χ1v) is 2.98. The molecule has 0 fully saturated rings. The van der Waals surface area contributed by atoms with Crippen LogP contribution in [0.5, 0.6) is 0 Å². The van der Waals surface area contributed by atoms with E-state index in [0.29, 0.717) is 0 Å². The van der Waals surface area contributed by atoms with Crippen LogP contribution < -0.4 is 5.73 Å². The molecule has 0 aliphatic carbocycles. The van der Waals surface area contributed by atoms with Crippen LogP contribution in [0.3, 0.4) is 0 Å². The molecule has 0 saturated carbocycles. The Kier molecular flexibility index (Phi) is 7.80. The Morgan fingerprint density at radius 1 is 1.09 bits per heavy atom. The van der Waals surface area contributed by atoms with E-state index in [2.05, 4.69) is 0 Å². The van der Waals surface area contributed by atoms with Crippen molar-refractivity contribution in [3.63, 3.8) is 0 Å². The number of nitrogens with two attached hydrogens (primary N) is 1.